The summed E-state index contributed by atoms with van der Waals surface area (Å²) in [7, 11) is 1.63. The predicted molar refractivity (Wildman–Crippen MR) is 80.7 cm³/mol. The van der Waals surface area contributed by atoms with E-state index in [1.165, 1.54) is 6.33 Å². The molecule has 2 heterocycles. The maximum Gasteiger partial charge on any atom is 0.256 e. The maximum atomic E-state index is 12.9. The number of benzene rings is 1. The summed E-state index contributed by atoms with van der Waals surface area (Å²) in [5.74, 6) is -0.0416. The molecular weight excluding hydrogens is 282 g/mol. The monoisotopic (exact) mass is 301 g/mol. The maximum absolute atomic E-state index is 12.9. The van der Waals surface area contributed by atoms with Gasteiger partial charge in [0.25, 0.3) is 5.91 Å². The minimum atomic E-state index is -0.128. The number of carbonyl (C=O) groups is 1. The first-order valence-corrected chi connectivity index (χ1v) is 7.22. The molecule has 1 saturated heterocycles. The van der Waals surface area contributed by atoms with Crippen LogP contribution in [0.5, 0.6) is 0 Å². The third-order valence-electron chi connectivity index (χ3n) is 4.00. The molecule has 0 bridgehead atoms. The molecule has 2 atom stereocenters. The number of piperidine rings is 1. The number of nitrogens with zero attached hydrogens (tertiary/aromatic N) is 4. The number of para-hydroxylation sites is 1. The van der Waals surface area contributed by atoms with E-state index >= 15 is 0 Å². The predicted octanol–water partition coefficient (Wildman–Crippen LogP) is 0.456. The van der Waals surface area contributed by atoms with E-state index < -0.39 is 0 Å². The number of amides is 1. The Hall–Kier alpha value is -2.25. The van der Waals surface area contributed by atoms with Crippen LogP contribution in [0.15, 0.2) is 36.9 Å². The fourth-order valence-electron chi connectivity index (χ4n) is 2.73. The van der Waals surface area contributed by atoms with Gasteiger partial charge in [0.15, 0.2) is 0 Å². The molecule has 0 spiro atoms. The van der Waals surface area contributed by atoms with Gasteiger partial charge < -0.3 is 15.4 Å². The van der Waals surface area contributed by atoms with Crippen LogP contribution < -0.4 is 5.73 Å². The highest BCUT2D eigenvalue weighted by Gasteiger charge is 2.30. The van der Waals surface area contributed by atoms with E-state index in [1.54, 1.807) is 29.1 Å². The number of carbonyl (C=O) groups excluding carboxylic acids is 1. The van der Waals surface area contributed by atoms with E-state index in [4.69, 9.17) is 10.5 Å². The average Bonchev–Trinajstić information content (AvgIpc) is 3.09. The van der Waals surface area contributed by atoms with E-state index in [1.807, 2.05) is 18.2 Å². The van der Waals surface area contributed by atoms with Gasteiger partial charge in [-0.05, 0) is 18.6 Å². The summed E-state index contributed by atoms with van der Waals surface area (Å²) in [5, 5.41) is 4.11. The van der Waals surface area contributed by atoms with Crippen LogP contribution in [0.4, 0.5) is 0 Å². The number of methoxy groups -OCH3 is 1. The van der Waals surface area contributed by atoms with Gasteiger partial charge in [0.2, 0.25) is 0 Å². The van der Waals surface area contributed by atoms with Gasteiger partial charge in [-0.2, -0.15) is 5.10 Å². The third kappa shape index (κ3) is 2.72. The molecule has 1 fully saturated rings. The molecule has 0 unspecified atom stereocenters. The minimum absolute atomic E-state index is 0.0281. The number of rotatable bonds is 3. The summed E-state index contributed by atoms with van der Waals surface area (Å²) in [6, 6.07) is 7.34. The molecule has 116 valence electrons. The summed E-state index contributed by atoms with van der Waals surface area (Å²) in [6.45, 7) is 1.13. The van der Waals surface area contributed by atoms with Crippen molar-refractivity contribution in [3.8, 4) is 5.69 Å². The van der Waals surface area contributed by atoms with Gasteiger partial charge >= 0.3 is 0 Å². The van der Waals surface area contributed by atoms with Gasteiger partial charge in [-0.15, -0.1) is 0 Å². The van der Waals surface area contributed by atoms with E-state index in [9.17, 15) is 4.79 Å². The Morgan fingerprint density at radius 3 is 2.95 bits per heavy atom. The highest BCUT2D eigenvalue weighted by atomic mass is 16.5. The van der Waals surface area contributed by atoms with Crippen molar-refractivity contribution in [3.63, 3.8) is 0 Å². The highest BCUT2D eigenvalue weighted by molar-refractivity contribution is 5.97. The molecule has 0 aliphatic carbocycles. The van der Waals surface area contributed by atoms with Crippen LogP contribution >= 0.6 is 0 Å². The van der Waals surface area contributed by atoms with E-state index in [-0.39, 0.29) is 18.1 Å². The first-order valence-electron chi connectivity index (χ1n) is 7.22. The molecule has 1 aliphatic heterocycles. The second kappa shape index (κ2) is 6.25. The second-order valence-electron chi connectivity index (χ2n) is 5.34. The van der Waals surface area contributed by atoms with Crippen LogP contribution in [0, 0.1) is 0 Å². The normalized spacial score (nSPS) is 21.8. The molecule has 2 aromatic rings. The molecule has 7 heteroatoms. The summed E-state index contributed by atoms with van der Waals surface area (Å²) in [4.78, 5) is 18.6. The van der Waals surface area contributed by atoms with E-state index in [0.717, 1.165) is 6.42 Å². The quantitative estimate of drug-likeness (QED) is 0.890. The van der Waals surface area contributed by atoms with Crippen molar-refractivity contribution < 1.29 is 9.53 Å². The zero-order valence-electron chi connectivity index (χ0n) is 12.4. The third-order valence-corrected chi connectivity index (χ3v) is 4.00. The molecule has 22 heavy (non-hydrogen) atoms. The number of aromatic nitrogens is 3. The van der Waals surface area contributed by atoms with Crippen molar-refractivity contribution >= 4 is 5.91 Å². The number of hydrogen-bond donors (Lipinski definition) is 1. The molecule has 3 rings (SSSR count). The number of nitrogens with two attached hydrogens (primary N) is 1. The van der Waals surface area contributed by atoms with Crippen molar-refractivity contribution in [2.75, 3.05) is 20.2 Å². The van der Waals surface area contributed by atoms with Crippen LogP contribution in [0.1, 0.15) is 16.8 Å². The Kier molecular flexibility index (Phi) is 4.17. The van der Waals surface area contributed by atoms with Crippen molar-refractivity contribution in [2.45, 2.75) is 18.6 Å². The summed E-state index contributed by atoms with van der Waals surface area (Å²) in [6.07, 6.45) is 3.63. The van der Waals surface area contributed by atoms with Gasteiger partial charge in [-0.1, -0.05) is 12.1 Å². The smallest absolute Gasteiger partial charge is 0.256 e. The second-order valence-corrected chi connectivity index (χ2v) is 5.34. The summed E-state index contributed by atoms with van der Waals surface area (Å²) < 4.78 is 6.97. The zero-order chi connectivity index (χ0) is 15.5. The zero-order valence-corrected chi connectivity index (χ0v) is 12.4. The Labute approximate surface area is 128 Å². The molecule has 1 aliphatic rings. The Morgan fingerprint density at radius 1 is 1.41 bits per heavy atom. The van der Waals surface area contributed by atoms with Crippen LogP contribution in [0.25, 0.3) is 5.69 Å². The van der Waals surface area contributed by atoms with Crippen LogP contribution in [0.2, 0.25) is 0 Å². The number of ether oxygens (including phenoxy) is 1. The van der Waals surface area contributed by atoms with Crippen LogP contribution in [-0.2, 0) is 4.74 Å². The first-order chi connectivity index (χ1) is 10.7. The average molecular weight is 301 g/mol. The molecule has 1 aromatic carbocycles. The van der Waals surface area contributed by atoms with Gasteiger partial charge in [-0.3, -0.25) is 4.79 Å². The highest BCUT2D eigenvalue weighted by Crippen LogP contribution is 2.19. The molecule has 0 saturated carbocycles. The Morgan fingerprint density at radius 2 is 2.23 bits per heavy atom. The summed E-state index contributed by atoms with van der Waals surface area (Å²) >= 11 is 0. The largest absolute Gasteiger partial charge is 0.378 e. The lowest BCUT2D eigenvalue weighted by Gasteiger charge is -2.36. The SMILES string of the molecule is CO[C@H]1CN(C(=O)c2ccccc2-n2cncn2)CC[C@H]1N. The molecule has 1 aromatic heterocycles. The van der Waals surface area contributed by atoms with Crippen LogP contribution in [0.3, 0.4) is 0 Å². The van der Waals surface area contributed by atoms with E-state index in [0.29, 0.717) is 24.3 Å². The van der Waals surface area contributed by atoms with Gasteiger partial charge in [0.1, 0.15) is 12.7 Å². The van der Waals surface area contributed by atoms with Gasteiger partial charge in [0.05, 0.1) is 17.4 Å². The summed E-state index contributed by atoms with van der Waals surface area (Å²) in [5.41, 5.74) is 7.32. The molecule has 1 amide bonds. The molecule has 2 N–H and O–H groups in total. The molecular formula is C15H19N5O2. The van der Waals surface area contributed by atoms with Crippen molar-refractivity contribution in [2.24, 2.45) is 5.73 Å². The topological polar surface area (TPSA) is 86.3 Å². The fourth-order valence-corrected chi connectivity index (χ4v) is 2.73. The fraction of sp³-hybridized carbons (Fsp3) is 0.400. The minimum Gasteiger partial charge on any atom is -0.378 e. The number of likely N-dealkylation sites (tertiary alicyclic amines) is 1. The first kappa shape index (κ1) is 14.7. The Bertz CT molecular complexity index is 643. The molecule has 0 radical (unpaired) electrons. The van der Waals surface area contributed by atoms with E-state index in [2.05, 4.69) is 10.1 Å². The lowest BCUT2D eigenvalue weighted by Crippen LogP contribution is -2.53. The van der Waals surface area contributed by atoms with Gasteiger partial charge in [0, 0.05) is 26.2 Å². The standard InChI is InChI=1S/C15H19N5O2/c1-22-14-8-19(7-6-12(14)16)15(21)11-4-2-3-5-13(11)20-10-17-9-18-20/h2-5,9-10,12,14H,6-8,16H2,1H3/t12-,14+/m1/s1. The van der Waals surface area contributed by atoms with Crippen molar-refractivity contribution in [3.05, 3.63) is 42.5 Å². The van der Waals surface area contributed by atoms with Crippen molar-refractivity contribution in [1.82, 2.24) is 19.7 Å². The lowest BCUT2D eigenvalue weighted by atomic mass is 10.0. The van der Waals surface area contributed by atoms with Crippen molar-refractivity contribution in [1.29, 1.82) is 0 Å². The Balaban J connectivity index is 1.87. The van der Waals surface area contributed by atoms with Gasteiger partial charge in [-0.25, -0.2) is 9.67 Å². The number of hydrogen-bond acceptors (Lipinski definition) is 5. The van der Waals surface area contributed by atoms with Crippen LogP contribution in [-0.4, -0.2) is 57.9 Å². The molecule has 7 nitrogen and oxygen atoms in total. The lowest BCUT2D eigenvalue weighted by molar-refractivity contribution is 0.0162.